The summed E-state index contributed by atoms with van der Waals surface area (Å²) in [5, 5.41) is 3.44. The summed E-state index contributed by atoms with van der Waals surface area (Å²) in [4.78, 5) is 24.9. The van der Waals surface area contributed by atoms with Gasteiger partial charge in [-0.1, -0.05) is 27.7 Å². The lowest BCUT2D eigenvalue weighted by Crippen LogP contribution is -2.65. The van der Waals surface area contributed by atoms with E-state index in [-0.39, 0.29) is 35.4 Å². The number of ether oxygens (including phenoxy) is 1. The third kappa shape index (κ3) is 3.29. The SMILES string of the molecule is CC(C)COC1CC(NC2CCC(=O)N(C)C2=O)C1(C)C. The first kappa shape index (κ1) is 16.4. The zero-order valence-corrected chi connectivity index (χ0v) is 13.8. The van der Waals surface area contributed by atoms with Crippen LogP contribution in [0.5, 0.6) is 0 Å². The van der Waals surface area contributed by atoms with Gasteiger partial charge < -0.3 is 10.1 Å². The van der Waals surface area contributed by atoms with Crippen LogP contribution in [0.4, 0.5) is 0 Å². The molecule has 5 heteroatoms. The average molecular weight is 296 g/mol. The lowest BCUT2D eigenvalue weighted by Gasteiger charge is -2.53. The van der Waals surface area contributed by atoms with Crippen molar-refractivity contribution in [1.29, 1.82) is 0 Å². The van der Waals surface area contributed by atoms with Crippen LogP contribution in [0, 0.1) is 11.3 Å². The van der Waals surface area contributed by atoms with Crippen molar-refractivity contribution in [3.05, 3.63) is 0 Å². The van der Waals surface area contributed by atoms with Crippen LogP contribution >= 0.6 is 0 Å². The minimum absolute atomic E-state index is 0.0230. The predicted molar refractivity (Wildman–Crippen MR) is 80.7 cm³/mol. The minimum atomic E-state index is -0.233. The van der Waals surface area contributed by atoms with Gasteiger partial charge in [-0.3, -0.25) is 14.5 Å². The number of piperidine rings is 1. The van der Waals surface area contributed by atoms with Gasteiger partial charge in [0.25, 0.3) is 0 Å². The molecule has 5 nitrogen and oxygen atoms in total. The molecule has 120 valence electrons. The largest absolute Gasteiger partial charge is 0.377 e. The monoisotopic (exact) mass is 296 g/mol. The average Bonchev–Trinajstić information content (AvgIpc) is 2.41. The summed E-state index contributed by atoms with van der Waals surface area (Å²) in [7, 11) is 1.57. The zero-order valence-electron chi connectivity index (χ0n) is 13.8. The highest BCUT2D eigenvalue weighted by Crippen LogP contribution is 2.43. The van der Waals surface area contributed by atoms with Gasteiger partial charge in [0, 0.05) is 31.5 Å². The normalized spacial score (nSPS) is 32.5. The van der Waals surface area contributed by atoms with Crippen LogP contribution in [0.15, 0.2) is 0 Å². The number of rotatable bonds is 5. The van der Waals surface area contributed by atoms with E-state index < -0.39 is 0 Å². The van der Waals surface area contributed by atoms with Gasteiger partial charge in [-0.25, -0.2) is 0 Å². The second kappa shape index (κ2) is 6.05. The van der Waals surface area contributed by atoms with Gasteiger partial charge >= 0.3 is 0 Å². The highest BCUT2D eigenvalue weighted by atomic mass is 16.5. The number of nitrogens with zero attached hydrogens (tertiary/aromatic N) is 1. The van der Waals surface area contributed by atoms with Crippen LogP contribution in [-0.2, 0) is 14.3 Å². The van der Waals surface area contributed by atoms with Crippen molar-refractivity contribution >= 4 is 11.8 Å². The van der Waals surface area contributed by atoms with Gasteiger partial charge in [0.15, 0.2) is 0 Å². The van der Waals surface area contributed by atoms with Crippen molar-refractivity contribution in [3.8, 4) is 0 Å². The van der Waals surface area contributed by atoms with E-state index in [1.165, 1.54) is 4.90 Å². The third-order valence-corrected chi connectivity index (χ3v) is 4.86. The Bertz CT molecular complexity index is 420. The quantitative estimate of drug-likeness (QED) is 0.782. The van der Waals surface area contributed by atoms with Crippen molar-refractivity contribution in [1.82, 2.24) is 10.2 Å². The molecule has 0 bridgehead atoms. The van der Waals surface area contributed by atoms with Gasteiger partial charge in [0.1, 0.15) is 0 Å². The Morgan fingerprint density at radius 2 is 2.05 bits per heavy atom. The number of imide groups is 1. The number of carbonyl (C=O) groups is 2. The molecule has 1 heterocycles. The molecule has 3 atom stereocenters. The van der Waals surface area contributed by atoms with Crippen LogP contribution in [0.1, 0.15) is 47.0 Å². The number of likely N-dealkylation sites (tertiary alicyclic amines) is 1. The van der Waals surface area contributed by atoms with Gasteiger partial charge in [-0.2, -0.15) is 0 Å². The lowest BCUT2D eigenvalue weighted by atomic mass is 9.64. The topological polar surface area (TPSA) is 58.6 Å². The van der Waals surface area contributed by atoms with Crippen molar-refractivity contribution < 1.29 is 14.3 Å². The van der Waals surface area contributed by atoms with Crippen LogP contribution in [0.25, 0.3) is 0 Å². The van der Waals surface area contributed by atoms with Crippen molar-refractivity contribution in [3.63, 3.8) is 0 Å². The maximum atomic E-state index is 12.1. The summed E-state index contributed by atoms with van der Waals surface area (Å²) < 4.78 is 5.95. The first-order valence-corrected chi connectivity index (χ1v) is 7.91. The zero-order chi connectivity index (χ0) is 15.8. The second-order valence-corrected chi connectivity index (χ2v) is 7.37. The number of likely N-dealkylation sites (N-methyl/N-ethyl adjacent to an activating group) is 1. The summed E-state index contributed by atoms with van der Waals surface area (Å²) in [5.41, 5.74) is 0.0230. The molecule has 2 aliphatic rings. The van der Waals surface area contributed by atoms with Crippen molar-refractivity contribution in [2.45, 2.75) is 65.1 Å². The Morgan fingerprint density at radius 1 is 1.38 bits per heavy atom. The molecule has 1 aliphatic carbocycles. The molecule has 1 saturated heterocycles. The predicted octanol–water partition coefficient (Wildman–Crippen LogP) is 1.56. The number of carbonyl (C=O) groups excluding carboxylic acids is 2. The molecule has 0 aromatic heterocycles. The van der Waals surface area contributed by atoms with Crippen LogP contribution < -0.4 is 5.32 Å². The molecule has 2 rings (SSSR count). The molecular weight excluding hydrogens is 268 g/mol. The highest BCUT2D eigenvalue weighted by molar-refractivity contribution is 6.00. The van der Waals surface area contributed by atoms with Gasteiger partial charge in [-0.05, 0) is 18.8 Å². The van der Waals surface area contributed by atoms with E-state index in [0.717, 1.165) is 13.0 Å². The van der Waals surface area contributed by atoms with E-state index in [9.17, 15) is 9.59 Å². The summed E-state index contributed by atoms with van der Waals surface area (Å²) >= 11 is 0. The molecular formula is C16H28N2O3. The Hall–Kier alpha value is -0.940. The Labute approximate surface area is 127 Å². The van der Waals surface area contributed by atoms with E-state index in [1.54, 1.807) is 7.05 Å². The standard InChI is InChI=1S/C16H28N2O3/c1-10(2)9-21-13-8-12(16(13,3)4)17-11-6-7-14(19)18(5)15(11)20/h10-13,17H,6-9H2,1-5H3. The Balaban J connectivity index is 1.87. The van der Waals surface area contributed by atoms with Gasteiger partial charge in [0.05, 0.1) is 12.1 Å². The first-order valence-electron chi connectivity index (χ1n) is 7.91. The lowest BCUT2D eigenvalue weighted by molar-refractivity contribution is -0.152. The third-order valence-electron chi connectivity index (χ3n) is 4.86. The fraction of sp³-hybridized carbons (Fsp3) is 0.875. The number of nitrogens with one attached hydrogen (secondary N) is 1. The maximum Gasteiger partial charge on any atom is 0.246 e. The maximum absolute atomic E-state index is 12.1. The molecule has 1 saturated carbocycles. The van der Waals surface area contributed by atoms with Gasteiger partial charge in [-0.15, -0.1) is 0 Å². The van der Waals surface area contributed by atoms with Crippen LogP contribution in [0.2, 0.25) is 0 Å². The van der Waals surface area contributed by atoms with Crippen molar-refractivity contribution in [2.24, 2.45) is 11.3 Å². The molecule has 3 unspecified atom stereocenters. The first-order chi connectivity index (χ1) is 9.73. The number of hydrogen-bond donors (Lipinski definition) is 1. The molecule has 2 amide bonds. The van der Waals surface area contributed by atoms with E-state index >= 15 is 0 Å². The highest BCUT2D eigenvalue weighted by Gasteiger charge is 2.50. The van der Waals surface area contributed by atoms with Crippen molar-refractivity contribution in [2.75, 3.05) is 13.7 Å². The Morgan fingerprint density at radius 3 is 2.62 bits per heavy atom. The van der Waals surface area contributed by atoms with E-state index in [2.05, 4.69) is 33.0 Å². The molecule has 21 heavy (non-hydrogen) atoms. The molecule has 0 radical (unpaired) electrons. The molecule has 0 aromatic rings. The Kier molecular flexibility index (Phi) is 4.73. The molecule has 0 spiro atoms. The van der Waals surface area contributed by atoms with Gasteiger partial charge in [0.2, 0.25) is 11.8 Å². The summed E-state index contributed by atoms with van der Waals surface area (Å²) in [6.07, 6.45) is 2.23. The minimum Gasteiger partial charge on any atom is -0.377 e. The number of amides is 2. The van der Waals surface area contributed by atoms with Crippen LogP contribution in [-0.4, -0.2) is 48.6 Å². The molecule has 2 fully saturated rings. The molecule has 1 aliphatic heterocycles. The summed E-state index contributed by atoms with van der Waals surface area (Å²) in [6.45, 7) is 9.44. The molecule has 0 aromatic carbocycles. The summed E-state index contributed by atoms with van der Waals surface area (Å²) in [5.74, 6) is 0.352. The van der Waals surface area contributed by atoms with Crippen LogP contribution in [0.3, 0.4) is 0 Å². The fourth-order valence-electron chi connectivity index (χ4n) is 3.07. The fourth-order valence-corrected chi connectivity index (χ4v) is 3.07. The smallest absolute Gasteiger partial charge is 0.246 e. The number of hydrogen-bond acceptors (Lipinski definition) is 4. The van der Waals surface area contributed by atoms with E-state index in [1.807, 2.05) is 0 Å². The molecule has 1 N–H and O–H groups in total. The van der Waals surface area contributed by atoms with E-state index in [0.29, 0.717) is 18.8 Å². The summed E-state index contributed by atoms with van der Waals surface area (Å²) in [6, 6.07) is 0.0354. The van der Waals surface area contributed by atoms with E-state index in [4.69, 9.17) is 4.74 Å². The second-order valence-electron chi connectivity index (χ2n) is 7.37.